The third-order valence-corrected chi connectivity index (χ3v) is 4.17. The van der Waals surface area contributed by atoms with E-state index in [0.29, 0.717) is 5.65 Å². The Hall–Kier alpha value is -2.89. The second-order valence-electron chi connectivity index (χ2n) is 6.00. The maximum absolute atomic E-state index is 11.6. The van der Waals surface area contributed by atoms with Gasteiger partial charge in [0.25, 0.3) is 0 Å². The van der Waals surface area contributed by atoms with E-state index in [1.165, 1.54) is 19.3 Å². The van der Waals surface area contributed by atoms with Crippen LogP contribution in [0.2, 0.25) is 0 Å². The van der Waals surface area contributed by atoms with Gasteiger partial charge in [-0.2, -0.15) is 5.10 Å². The van der Waals surface area contributed by atoms with E-state index < -0.39 is 0 Å². The number of unbranched alkanes of at least 4 members (excludes halogenated alkanes) is 2. The van der Waals surface area contributed by atoms with E-state index in [0.717, 1.165) is 22.3 Å². The number of imidazole rings is 1. The van der Waals surface area contributed by atoms with Crippen molar-refractivity contribution in [2.24, 2.45) is 7.05 Å². The molecule has 0 aromatic carbocycles. The van der Waals surface area contributed by atoms with Crippen LogP contribution in [-0.2, 0) is 7.05 Å². The topological polar surface area (TPSA) is 68.0 Å². The molecule has 0 saturated carbocycles. The number of hydrogen-bond acceptors (Lipinski definition) is 3. The van der Waals surface area contributed by atoms with Crippen molar-refractivity contribution >= 4 is 16.7 Å². The van der Waals surface area contributed by atoms with Crippen LogP contribution in [0.4, 0.5) is 0 Å². The average Bonchev–Trinajstić information content (AvgIpc) is 3.25. The lowest BCUT2D eigenvalue weighted by molar-refractivity contribution is 0.772. The van der Waals surface area contributed by atoms with Crippen LogP contribution in [0, 0.1) is 0 Å². The van der Waals surface area contributed by atoms with Crippen molar-refractivity contribution in [3.63, 3.8) is 0 Å². The molecule has 27 heavy (non-hydrogen) atoms. The molecule has 0 aliphatic carbocycles. The van der Waals surface area contributed by atoms with Gasteiger partial charge < -0.3 is 0 Å². The van der Waals surface area contributed by atoms with Crippen molar-refractivity contribution in [3.05, 3.63) is 53.2 Å². The molecule has 6 nitrogen and oxygen atoms in total. The Morgan fingerprint density at radius 1 is 1.04 bits per heavy atom. The highest BCUT2D eigenvalue weighted by molar-refractivity contribution is 5.82. The summed E-state index contributed by atoms with van der Waals surface area (Å²) in [5, 5.41) is 4.30. The second kappa shape index (κ2) is 9.71. The highest BCUT2D eigenvalue weighted by Gasteiger charge is 2.10. The third-order valence-electron chi connectivity index (χ3n) is 4.17. The molecule has 4 rings (SSSR count). The zero-order chi connectivity index (χ0) is 19.8. The van der Waals surface area contributed by atoms with E-state index in [-0.39, 0.29) is 5.69 Å². The number of fused-ring (bicyclic) bond motifs is 2. The summed E-state index contributed by atoms with van der Waals surface area (Å²) < 4.78 is 3.34. The van der Waals surface area contributed by atoms with Gasteiger partial charge in [0.2, 0.25) is 0 Å². The molecule has 0 aliphatic rings. The smallest absolute Gasteiger partial charge is 0.294 e. The van der Waals surface area contributed by atoms with Gasteiger partial charge in [-0.1, -0.05) is 53.0 Å². The van der Waals surface area contributed by atoms with Crippen LogP contribution in [0.3, 0.4) is 0 Å². The minimum Gasteiger partial charge on any atom is -0.294 e. The van der Waals surface area contributed by atoms with Crippen LogP contribution in [-0.4, -0.2) is 24.1 Å². The fourth-order valence-electron chi connectivity index (χ4n) is 2.74. The molecule has 4 aromatic heterocycles. The molecular weight excluding hydrogens is 338 g/mol. The molecule has 6 heteroatoms. The lowest BCUT2D eigenvalue weighted by atomic mass is 10.2. The first kappa shape index (κ1) is 20.4. The van der Waals surface area contributed by atoms with Crippen LogP contribution in [0.15, 0.2) is 47.5 Å². The number of nitrogens with one attached hydrogen (secondary N) is 1. The molecule has 4 heterocycles. The Balaban J connectivity index is 0.000000327. The molecular formula is C21H29N5O. The van der Waals surface area contributed by atoms with Crippen molar-refractivity contribution in [1.82, 2.24) is 24.1 Å². The van der Waals surface area contributed by atoms with Gasteiger partial charge in [-0.05, 0) is 24.3 Å². The first-order valence-corrected chi connectivity index (χ1v) is 9.64. The number of rotatable bonds is 3. The fraction of sp³-hybridized carbons (Fsp3) is 0.381. The fourth-order valence-corrected chi connectivity index (χ4v) is 2.74. The summed E-state index contributed by atoms with van der Waals surface area (Å²) in [5.74, 6) is 0. The van der Waals surface area contributed by atoms with Gasteiger partial charge in [-0.3, -0.25) is 9.55 Å². The summed E-state index contributed by atoms with van der Waals surface area (Å²) in [6, 6.07) is 9.67. The highest BCUT2D eigenvalue weighted by atomic mass is 16.1. The Labute approximate surface area is 159 Å². The second-order valence-corrected chi connectivity index (χ2v) is 6.00. The molecule has 0 atom stereocenters. The normalized spacial score (nSPS) is 10.3. The molecule has 1 N–H and O–H groups in total. The molecule has 0 amide bonds. The largest absolute Gasteiger partial charge is 0.327 e. The molecule has 144 valence electrons. The predicted octanol–water partition coefficient (Wildman–Crippen LogP) is 4.80. The van der Waals surface area contributed by atoms with E-state index in [1.54, 1.807) is 22.3 Å². The number of nitrogens with zero attached hydrogens (tertiary/aromatic N) is 4. The minimum absolute atomic E-state index is 0.162. The maximum atomic E-state index is 11.6. The Kier molecular flexibility index (Phi) is 7.34. The zero-order valence-electron chi connectivity index (χ0n) is 16.9. The summed E-state index contributed by atoms with van der Waals surface area (Å²) in [7, 11) is 1.72. The highest BCUT2D eigenvalue weighted by Crippen LogP contribution is 2.23. The maximum Gasteiger partial charge on any atom is 0.327 e. The van der Waals surface area contributed by atoms with E-state index >= 15 is 0 Å². The molecule has 0 unspecified atom stereocenters. The molecule has 0 spiro atoms. The van der Waals surface area contributed by atoms with Gasteiger partial charge in [0.1, 0.15) is 0 Å². The Morgan fingerprint density at radius 3 is 2.44 bits per heavy atom. The van der Waals surface area contributed by atoms with E-state index in [9.17, 15) is 4.79 Å². The quantitative estimate of drug-likeness (QED) is 0.565. The molecule has 0 bridgehead atoms. The summed E-state index contributed by atoms with van der Waals surface area (Å²) in [6.07, 6.45) is 7.75. The van der Waals surface area contributed by atoms with Gasteiger partial charge in [0.05, 0.1) is 22.9 Å². The Bertz CT molecular complexity index is 1040. The lowest BCUT2D eigenvalue weighted by Crippen LogP contribution is -2.11. The third kappa shape index (κ3) is 4.45. The number of aromatic amines is 1. The minimum atomic E-state index is -0.162. The standard InChI is InChI=1S/C14H11N5O.C5H12.C2H6/c1-18-12-6-5-10(16-13(12)17-14(18)20)9-8-15-19-7-3-2-4-11(9)19;1-3-5-4-2;1-2/h2-8H,1H3,(H,16,17,20);3-5H2,1-2H3;1-2H3. The van der Waals surface area contributed by atoms with Crippen molar-refractivity contribution in [3.8, 4) is 11.3 Å². The van der Waals surface area contributed by atoms with Crippen LogP contribution in [0.1, 0.15) is 47.0 Å². The first-order valence-electron chi connectivity index (χ1n) is 9.64. The van der Waals surface area contributed by atoms with Crippen LogP contribution < -0.4 is 5.69 Å². The van der Waals surface area contributed by atoms with Crippen molar-refractivity contribution in [2.75, 3.05) is 0 Å². The lowest BCUT2D eigenvalue weighted by Gasteiger charge is -1.99. The molecule has 0 saturated heterocycles. The zero-order valence-corrected chi connectivity index (χ0v) is 16.9. The molecule has 0 radical (unpaired) electrons. The van der Waals surface area contributed by atoms with E-state index in [1.807, 2.05) is 50.4 Å². The van der Waals surface area contributed by atoms with Crippen LogP contribution >= 0.6 is 0 Å². The van der Waals surface area contributed by atoms with Crippen LogP contribution in [0.5, 0.6) is 0 Å². The number of pyridine rings is 2. The number of aromatic nitrogens is 5. The summed E-state index contributed by atoms with van der Waals surface area (Å²) >= 11 is 0. The predicted molar refractivity (Wildman–Crippen MR) is 112 cm³/mol. The van der Waals surface area contributed by atoms with Gasteiger partial charge in [0.15, 0.2) is 5.65 Å². The first-order chi connectivity index (χ1) is 13.2. The average molecular weight is 367 g/mol. The van der Waals surface area contributed by atoms with Gasteiger partial charge in [-0.15, -0.1) is 0 Å². The van der Waals surface area contributed by atoms with Crippen molar-refractivity contribution in [1.29, 1.82) is 0 Å². The summed E-state index contributed by atoms with van der Waals surface area (Å²) in [4.78, 5) is 18.9. The van der Waals surface area contributed by atoms with Gasteiger partial charge >= 0.3 is 5.69 Å². The SMILES string of the molecule is CC.CCCCC.Cn1c(=O)[nH]c2nc(-c3cnn4ccccc34)ccc21. The molecule has 4 aromatic rings. The van der Waals surface area contributed by atoms with Crippen molar-refractivity contribution in [2.45, 2.75) is 47.0 Å². The number of H-pyrrole nitrogens is 1. The summed E-state index contributed by atoms with van der Waals surface area (Å²) in [6.45, 7) is 8.42. The van der Waals surface area contributed by atoms with Gasteiger partial charge in [-0.25, -0.2) is 14.3 Å². The monoisotopic (exact) mass is 367 g/mol. The van der Waals surface area contributed by atoms with Gasteiger partial charge in [0, 0.05) is 18.8 Å². The number of aryl methyl sites for hydroxylation is 1. The number of hydrogen-bond donors (Lipinski definition) is 1. The molecule has 0 fully saturated rings. The molecule has 0 aliphatic heterocycles. The van der Waals surface area contributed by atoms with Crippen LogP contribution in [0.25, 0.3) is 27.9 Å². The van der Waals surface area contributed by atoms with E-state index in [2.05, 4.69) is 28.9 Å². The summed E-state index contributed by atoms with van der Waals surface area (Å²) in [5.41, 5.74) is 3.93. The van der Waals surface area contributed by atoms with E-state index in [4.69, 9.17) is 0 Å². The Morgan fingerprint density at radius 2 is 1.78 bits per heavy atom. The van der Waals surface area contributed by atoms with Crippen molar-refractivity contribution < 1.29 is 0 Å².